The zero-order valence-corrected chi connectivity index (χ0v) is 26.2. The van der Waals surface area contributed by atoms with Crippen LogP contribution in [0, 0.1) is 0 Å². The van der Waals surface area contributed by atoms with Crippen LogP contribution < -0.4 is 14.4 Å². The van der Waals surface area contributed by atoms with Crippen molar-refractivity contribution in [1.29, 1.82) is 0 Å². The van der Waals surface area contributed by atoms with Gasteiger partial charge in [0.25, 0.3) is 0 Å². The first-order chi connectivity index (χ1) is 19.6. The highest BCUT2D eigenvalue weighted by molar-refractivity contribution is 9.10. The second kappa shape index (κ2) is 15.6. The Morgan fingerprint density at radius 3 is 2.32 bits per heavy atom. The minimum absolute atomic E-state index is 0.0683. The molecule has 220 valence electrons. The van der Waals surface area contributed by atoms with Gasteiger partial charge in [0.05, 0.1) is 19.1 Å². The minimum Gasteiger partial charge on any atom is -0.497 e. The predicted octanol–water partition coefficient (Wildman–Crippen LogP) is 5.17. The van der Waals surface area contributed by atoms with Gasteiger partial charge in [-0.2, -0.15) is 0 Å². The van der Waals surface area contributed by atoms with Crippen LogP contribution in [0.4, 0.5) is 5.69 Å². The summed E-state index contributed by atoms with van der Waals surface area (Å²) in [6, 6.07) is 23.3. The molecule has 3 aromatic rings. The van der Waals surface area contributed by atoms with Gasteiger partial charge < -0.3 is 15.0 Å². The predicted molar refractivity (Wildman–Crippen MR) is 166 cm³/mol. The fraction of sp³-hybridized carbons (Fsp3) is 0.355. The molecule has 0 spiro atoms. The zero-order chi connectivity index (χ0) is 29.8. The first-order valence-corrected chi connectivity index (χ1v) is 16.2. The third-order valence-corrected chi connectivity index (χ3v) is 8.30. The number of hydrogen-bond acceptors (Lipinski definition) is 5. The Hall–Kier alpha value is -3.37. The van der Waals surface area contributed by atoms with Gasteiger partial charge in [-0.25, -0.2) is 8.42 Å². The van der Waals surface area contributed by atoms with Crippen LogP contribution in [-0.2, 0) is 32.6 Å². The Bertz CT molecular complexity index is 1380. The normalized spacial score (nSPS) is 11.9. The van der Waals surface area contributed by atoms with E-state index in [1.807, 2.05) is 61.5 Å². The highest BCUT2D eigenvalue weighted by Gasteiger charge is 2.30. The summed E-state index contributed by atoms with van der Waals surface area (Å²) in [5.74, 6) is 0.102. The molecule has 0 aliphatic heterocycles. The number of hydrogen-bond donors (Lipinski definition) is 1. The first kappa shape index (κ1) is 32.1. The van der Waals surface area contributed by atoms with Crippen LogP contribution in [0.25, 0.3) is 0 Å². The fourth-order valence-corrected chi connectivity index (χ4v) is 5.70. The Morgan fingerprint density at radius 1 is 0.976 bits per heavy atom. The Balaban J connectivity index is 1.86. The van der Waals surface area contributed by atoms with Crippen LogP contribution >= 0.6 is 15.9 Å². The van der Waals surface area contributed by atoms with Gasteiger partial charge >= 0.3 is 0 Å². The van der Waals surface area contributed by atoms with Crippen molar-refractivity contribution in [2.75, 3.05) is 30.8 Å². The second-order valence-electron chi connectivity index (χ2n) is 9.78. The summed E-state index contributed by atoms with van der Waals surface area (Å²) < 4.78 is 32.7. The van der Waals surface area contributed by atoms with Gasteiger partial charge in [0.2, 0.25) is 21.8 Å². The van der Waals surface area contributed by atoms with E-state index in [1.165, 1.54) is 11.4 Å². The molecule has 0 aliphatic carbocycles. The molecule has 0 heterocycles. The van der Waals surface area contributed by atoms with E-state index in [9.17, 15) is 18.0 Å². The number of sulfonamides is 1. The number of anilines is 1. The monoisotopic (exact) mass is 643 g/mol. The molecule has 0 aliphatic rings. The topological polar surface area (TPSA) is 96.0 Å². The lowest BCUT2D eigenvalue weighted by atomic mass is 10.0. The maximum Gasteiger partial charge on any atom is 0.243 e. The molecule has 1 N–H and O–H groups in total. The summed E-state index contributed by atoms with van der Waals surface area (Å²) >= 11 is 3.45. The SMILES string of the molecule is CCCNC(=O)[C@H](Cc1ccccc1)N(Cc1ccc(Br)cc1)C(=O)CCCN(c1cccc(OC)c1)S(C)(=O)=O. The van der Waals surface area contributed by atoms with Gasteiger partial charge in [-0.1, -0.05) is 71.4 Å². The van der Waals surface area contributed by atoms with Crippen molar-refractivity contribution in [2.24, 2.45) is 0 Å². The third-order valence-electron chi connectivity index (χ3n) is 6.58. The largest absolute Gasteiger partial charge is 0.497 e. The smallest absolute Gasteiger partial charge is 0.243 e. The summed E-state index contributed by atoms with van der Waals surface area (Å²) in [7, 11) is -2.09. The number of carbonyl (C=O) groups excluding carboxylic acids is 2. The third kappa shape index (κ3) is 9.89. The number of halogens is 1. The van der Waals surface area contributed by atoms with Crippen LogP contribution in [0.2, 0.25) is 0 Å². The Morgan fingerprint density at radius 2 is 1.68 bits per heavy atom. The second-order valence-corrected chi connectivity index (χ2v) is 12.6. The van der Waals surface area contributed by atoms with E-state index < -0.39 is 16.1 Å². The highest BCUT2D eigenvalue weighted by atomic mass is 79.9. The van der Waals surface area contributed by atoms with Crippen LogP contribution in [0.1, 0.15) is 37.3 Å². The van der Waals surface area contributed by atoms with E-state index in [0.29, 0.717) is 24.4 Å². The molecule has 0 unspecified atom stereocenters. The molecule has 0 radical (unpaired) electrons. The van der Waals surface area contributed by atoms with Crippen molar-refractivity contribution in [3.05, 3.63) is 94.5 Å². The van der Waals surface area contributed by atoms with Crippen LogP contribution in [0.3, 0.4) is 0 Å². The summed E-state index contributed by atoms with van der Waals surface area (Å²) in [5, 5.41) is 2.97. The lowest BCUT2D eigenvalue weighted by Crippen LogP contribution is -2.50. The van der Waals surface area contributed by atoms with Crippen LogP contribution in [0.5, 0.6) is 5.75 Å². The number of ether oxygens (including phenoxy) is 1. The van der Waals surface area contributed by atoms with E-state index in [-0.39, 0.29) is 37.7 Å². The van der Waals surface area contributed by atoms with Crippen molar-refractivity contribution in [3.8, 4) is 5.75 Å². The average Bonchev–Trinajstić information content (AvgIpc) is 2.96. The van der Waals surface area contributed by atoms with Crippen LogP contribution in [0.15, 0.2) is 83.3 Å². The van der Waals surface area contributed by atoms with E-state index in [1.54, 1.807) is 29.2 Å². The number of benzene rings is 3. The minimum atomic E-state index is -3.61. The first-order valence-electron chi connectivity index (χ1n) is 13.6. The van der Waals surface area contributed by atoms with Crippen molar-refractivity contribution in [3.63, 3.8) is 0 Å². The molecule has 2 amide bonds. The van der Waals surface area contributed by atoms with Crippen molar-refractivity contribution in [1.82, 2.24) is 10.2 Å². The molecule has 3 rings (SSSR count). The molecule has 0 saturated heterocycles. The van der Waals surface area contributed by atoms with Gasteiger partial charge in [-0.05, 0) is 48.2 Å². The number of amides is 2. The number of methoxy groups -OCH3 is 1. The number of rotatable bonds is 15. The van der Waals surface area contributed by atoms with E-state index in [2.05, 4.69) is 21.2 Å². The lowest BCUT2D eigenvalue weighted by molar-refractivity contribution is -0.141. The van der Waals surface area contributed by atoms with E-state index >= 15 is 0 Å². The quantitative estimate of drug-likeness (QED) is 0.247. The van der Waals surface area contributed by atoms with Crippen molar-refractivity contribution >= 4 is 43.5 Å². The van der Waals surface area contributed by atoms with Gasteiger partial charge in [0, 0.05) is 43.0 Å². The summed E-state index contributed by atoms with van der Waals surface area (Å²) in [6.07, 6.45) is 2.61. The maximum absolute atomic E-state index is 13.8. The summed E-state index contributed by atoms with van der Waals surface area (Å²) in [6.45, 7) is 2.84. The lowest BCUT2D eigenvalue weighted by Gasteiger charge is -2.32. The summed E-state index contributed by atoms with van der Waals surface area (Å²) in [5.41, 5.74) is 2.29. The zero-order valence-electron chi connectivity index (χ0n) is 23.8. The van der Waals surface area contributed by atoms with E-state index in [4.69, 9.17) is 4.74 Å². The number of carbonyl (C=O) groups is 2. The van der Waals surface area contributed by atoms with Gasteiger partial charge in [-0.3, -0.25) is 13.9 Å². The molecule has 8 nitrogen and oxygen atoms in total. The molecule has 0 aromatic heterocycles. The molecule has 0 fully saturated rings. The molecular formula is C31H38BrN3O5S. The molecular weight excluding hydrogens is 606 g/mol. The maximum atomic E-state index is 13.8. The molecule has 0 saturated carbocycles. The molecule has 10 heteroatoms. The number of nitrogens with zero attached hydrogens (tertiary/aromatic N) is 2. The standard InChI is InChI=1S/C31H38BrN3O5S/c1-4-19-33-31(37)29(21-24-10-6-5-7-11-24)34(23-25-15-17-26(32)18-16-25)30(36)14-9-20-35(41(3,38)39)27-12-8-13-28(22-27)40-2/h5-8,10-13,15-18,22,29H,4,9,14,19-21,23H2,1-3H3,(H,33,37)/t29-/m0/s1. The molecule has 41 heavy (non-hydrogen) atoms. The number of nitrogens with one attached hydrogen (secondary N) is 1. The molecule has 0 bridgehead atoms. The van der Waals surface area contributed by atoms with Gasteiger partial charge in [-0.15, -0.1) is 0 Å². The molecule has 3 aromatic carbocycles. The average molecular weight is 645 g/mol. The Labute approximate surface area is 251 Å². The Kier molecular flexibility index (Phi) is 12.2. The van der Waals surface area contributed by atoms with Gasteiger partial charge in [0.1, 0.15) is 11.8 Å². The molecule has 1 atom stereocenters. The van der Waals surface area contributed by atoms with Crippen molar-refractivity contribution < 1.29 is 22.7 Å². The van der Waals surface area contributed by atoms with Gasteiger partial charge in [0.15, 0.2) is 0 Å². The highest BCUT2D eigenvalue weighted by Crippen LogP contribution is 2.24. The van der Waals surface area contributed by atoms with Crippen LogP contribution in [-0.4, -0.2) is 57.6 Å². The fourth-order valence-electron chi connectivity index (χ4n) is 4.48. The summed E-state index contributed by atoms with van der Waals surface area (Å²) in [4.78, 5) is 28.9. The van der Waals surface area contributed by atoms with Crippen molar-refractivity contribution in [2.45, 2.75) is 45.2 Å². The van der Waals surface area contributed by atoms with E-state index in [0.717, 1.165) is 28.3 Å².